The zero-order valence-corrected chi connectivity index (χ0v) is 17.0. The normalized spacial score (nSPS) is 21.7. The van der Waals surface area contributed by atoms with E-state index in [4.69, 9.17) is 0 Å². The number of halogens is 1. The second-order valence-electron chi connectivity index (χ2n) is 7.54. The van der Waals surface area contributed by atoms with Crippen LogP contribution in [-0.4, -0.2) is 45.6 Å². The van der Waals surface area contributed by atoms with Crippen molar-refractivity contribution in [3.05, 3.63) is 63.4 Å². The Hall–Kier alpha value is -1.92. The lowest BCUT2D eigenvalue weighted by molar-refractivity contribution is 0.0889. The molecular formula is C21H24BrN3O2. The fraction of sp³-hybridized carbons (Fsp3) is 0.429. The van der Waals surface area contributed by atoms with Crippen LogP contribution < -0.4 is 0 Å². The van der Waals surface area contributed by atoms with Gasteiger partial charge in [-0.2, -0.15) is 0 Å². The van der Waals surface area contributed by atoms with Crippen LogP contribution in [0, 0.1) is 0 Å². The molecule has 1 N–H and O–H groups in total. The van der Waals surface area contributed by atoms with Crippen molar-refractivity contribution >= 4 is 22.0 Å². The first-order valence-electron chi connectivity index (χ1n) is 9.44. The van der Waals surface area contributed by atoms with Crippen LogP contribution in [0.2, 0.25) is 0 Å². The third-order valence-corrected chi connectivity index (χ3v) is 6.62. The van der Waals surface area contributed by atoms with Gasteiger partial charge in [0, 0.05) is 23.8 Å². The van der Waals surface area contributed by atoms with Gasteiger partial charge < -0.3 is 5.11 Å². The standard InChI is InChI=1S/C21H24BrN3O2/c1-24(19-9-3-5-14-7-4-10-23-20(14)19)13-16-11-17-15(6-2-8-18(17)22)12-25(16)21(26)27/h2,4,6-8,10,16,19H,3,5,9,11-13H2,1H3,(H,26,27)/t16-,19+/m1/s1. The second kappa shape index (κ2) is 7.60. The van der Waals surface area contributed by atoms with Crippen molar-refractivity contribution in [2.24, 2.45) is 0 Å². The molecular weight excluding hydrogens is 406 g/mol. The van der Waals surface area contributed by atoms with Gasteiger partial charge >= 0.3 is 6.09 Å². The maximum absolute atomic E-state index is 11.9. The molecule has 0 saturated heterocycles. The lowest BCUT2D eigenvalue weighted by Crippen LogP contribution is -2.49. The molecule has 1 aliphatic carbocycles. The van der Waals surface area contributed by atoms with Crippen molar-refractivity contribution in [3.8, 4) is 0 Å². The van der Waals surface area contributed by atoms with Crippen molar-refractivity contribution < 1.29 is 9.90 Å². The molecule has 0 saturated carbocycles. The zero-order valence-electron chi connectivity index (χ0n) is 15.4. The quantitative estimate of drug-likeness (QED) is 0.791. The Kier molecular flexibility index (Phi) is 5.19. The minimum Gasteiger partial charge on any atom is -0.465 e. The summed E-state index contributed by atoms with van der Waals surface area (Å²) >= 11 is 3.64. The second-order valence-corrected chi connectivity index (χ2v) is 8.40. The Labute approximate surface area is 168 Å². The number of amides is 1. The number of fused-ring (bicyclic) bond motifs is 2. The molecule has 0 radical (unpaired) electrons. The number of aryl methyl sites for hydroxylation is 1. The van der Waals surface area contributed by atoms with Crippen molar-refractivity contribution in [2.45, 2.75) is 44.3 Å². The monoisotopic (exact) mass is 429 g/mol. The Morgan fingerprint density at radius 1 is 1.33 bits per heavy atom. The predicted octanol–water partition coefficient (Wildman–Crippen LogP) is 4.26. The van der Waals surface area contributed by atoms with Crippen molar-refractivity contribution in [2.75, 3.05) is 13.6 Å². The summed E-state index contributed by atoms with van der Waals surface area (Å²) in [6, 6.07) is 10.4. The molecule has 5 nitrogen and oxygen atoms in total. The van der Waals surface area contributed by atoms with Crippen molar-refractivity contribution in [3.63, 3.8) is 0 Å². The van der Waals surface area contributed by atoms with Crippen molar-refractivity contribution in [1.29, 1.82) is 0 Å². The molecule has 0 fully saturated rings. The molecule has 142 valence electrons. The lowest BCUT2D eigenvalue weighted by Gasteiger charge is -2.40. The molecule has 2 heterocycles. The van der Waals surface area contributed by atoms with Gasteiger partial charge in [-0.25, -0.2) is 4.79 Å². The average Bonchev–Trinajstić information content (AvgIpc) is 2.67. The first-order valence-corrected chi connectivity index (χ1v) is 10.2. The van der Waals surface area contributed by atoms with Gasteiger partial charge in [-0.05, 0) is 61.6 Å². The largest absolute Gasteiger partial charge is 0.465 e. The summed E-state index contributed by atoms with van der Waals surface area (Å²) in [5, 5.41) is 9.77. The number of hydrogen-bond donors (Lipinski definition) is 1. The van der Waals surface area contributed by atoms with Crippen LogP contribution >= 0.6 is 15.9 Å². The molecule has 4 rings (SSSR count). The van der Waals surface area contributed by atoms with Gasteiger partial charge in [0.2, 0.25) is 0 Å². The highest BCUT2D eigenvalue weighted by atomic mass is 79.9. The molecule has 2 atom stereocenters. The van der Waals surface area contributed by atoms with E-state index in [1.807, 2.05) is 30.5 Å². The number of hydrogen-bond acceptors (Lipinski definition) is 3. The van der Waals surface area contributed by atoms with Gasteiger partial charge in [0.25, 0.3) is 0 Å². The summed E-state index contributed by atoms with van der Waals surface area (Å²) in [5.74, 6) is 0. The van der Waals surface area contributed by atoms with Crippen LogP contribution in [0.3, 0.4) is 0 Å². The summed E-state index contributed by atoms with van der Waals surface area (Å²) < 4.78 is 1.07. The number of benzene rings is 1. The van der Waals surface area contributed by atoms with Gasteiger partial charge in [-0.1, -0.05) is 34.1 Å². The van der Waals surface area contributed by atoms with E-state index < -0.39 is 6.09 Å². The molecule has 27 heavy (non-hydrogen) atoms. The number of carbonyl (C=O) groups is 1. The maximum Gasteiger partial charge on any atom is 0.407 e. The first kappa shape index (κ1) is 18.4. The summed E-state index contributed by atoms with van der Waals surface area (Å²) in [6.45, 7) is 1.15. The van der Waals surface area contributed by atoms with E-state index in [0.29, 0.717) is 13.1 Å². The number of aromatic nitrogens is 1. The Morgan fingerprint density at radius 3 is 2.96 bits per heavy atom. The molecule has 1 amide bonds. The Bertz CT molecular complexity index is 857. The number of likely N-dealkylation sites (N-methyl/N-ethyl adjacent to an activating group) is 1. The Balaban J connectivity index is 1.57. The van der Waals surface area contributed by atoms with Gasteiger partial charge in [0.15, 0.2) is 0 Å². The van der Waals surface area contributed by atoms with Crippen LogP contribution in [0.15, 0.2) is 41.0 Å². The van der Waals surface area contributed by atoms with E-state index in [1.54, 1.807) is 4.90 Å². The van der Waals surface area contributed by atoms with Crippen LogP contribution in [0.25, 0.3) is 0 Å². The first-order chi connectivity index (χ1) is 13.0. The minimum atomic E-state index is -0.846. The lowest BCUT2D eigenvalue weighted by atomic mass is 9.89. The summed E-state index contributed by atoms with van der Waals surface area (Å²) in [7, 11) is 2.10. The van der Waals surface area contributed by atoms with Crippen molar-refractivity contribution in [1.82, 2.24) is 14.8 Å². The van der Waals surface area contributed by atoms with E-state index in [1.165, 1.54) is 11.1 Å². The van der Waals surface area contributed by atoms with Crippen LogP contribution in [0.1, 0.15) is 41.3 Å². The number of nitrogens with zero attached hydrogens (tertiary/aromatic N) is 3. The third kappa shape index (κ3) is 3.60. The molecule has 1 aliphatic heterocycles. The maximum atomic E-state index is 11.9. The van der Waals surface area contributed by atoms with E-state index in [9.17, 15) is 9.90 Å². The van der Waals surface area contributed by atoms with Crippen LogP contribution in [0.5, 0.6) is 0 Å². The SMILES string of the molecule is CN(C[C@H]1Cc2c(Br)cccc2CN1C(=O)O)[C@H]1CCCc2cccnc21. The van der Waals surface area contributed by atoms with Gasteiger partial charge in [0.1, 0.15) is 0 Å². The summed E-state index contributed by atoms with van der Waals surface area (Å²) in [4.78, 5) is 20.4. The van der Waals surface area contributed by atoms with Crippen LogP contribution in [-0.2, 0) is 19.4 Å². The number of carboxylic acid groups (broad SMARTS) is 1. The molecule has 1 aromatic heterocycles. The molecule has 0 spiro atoms. The predicted molar refractivity (Wildman–Crippen MR) is 108 cm³/mol. The summed E-state index contributed by atoms with van der Waals surface area (Å²) in [5.41, 5.74) is 4.81. The average molecular weight is 430 g/mol. The molecule has 0 unspecified atom stereocenters. The van der Waals surface area contributed by atoms with E-state index in [-0.39, 0.29) is 12.1 Å². The van der Waals surface area contributed by atoms with E-state index >= 15 is 0 Å². The third-order valence-electron chi connectivity index (χ3n) is 5.88. The summed E-state index contributed by atoms with van der Waals surface area (Å²) in [6.07, 6.45) is 5.05. The topological polar surface area (TPSA) is 56.7 Å². The van der Waals surface area contributed by atoms with Gasteiger partial charge in [-0.15, -0.1) is 0 Å². The molecule has 2 aliphatic rings. The zero-order chi connectivity index (χ0) is 19.0. The fourth-order valence-corrected chi connectivity index (χ4v) is 5.07. The fourth-order valence-electron chi connectivity index (χ4n) is 4.50. The van der Waals surface area contributed by atoms with E-state index in [2.05, 4.69) is 38.9 Å². The molecule has 0 bridgehead atoms. The highest BCUT2D eigenvalue weighted by Crippen LogP contribution is 2.34. The molecule has 6 heteroatoms. The highest BCUT2D eigenvalue weighted by molar-refractivity contribution is 9.10. The van der Waals surface area contributed by atoms with Gasteiger partial charge in [0.05, 0.1) is 17.8 Å². The number of pyridine rings is 1. The Morgan fingerprint density at radius 2 is 2.15 bits per heavy atom. The molecule has 1 aromatic carbocycles. The number of rotatable bonds is 3. The smallest absolute Gasteiger partial charge is 0.407 e. The highest BCUT2D eigenvalue weighted by Gasteiger charge is 2.34. The van der Waals surface area contributed by atoms with E-state index in [0.717, 1.165) is 41.4 Å². The van der Waals surface area contributed by atoms with Crippen LogP contribution in [0.4, 0.5) is 4.79 Å². The minimum absolute atomic E-state index is 0.0622. The van der Waals surface area contributed by atoms with Gasteiger partial charge in [-0.3, -0.25) is 14.8 Å². The molecule has 2 aromatic rings.